The molecule has 0 bridgehead atoms. The largest absolute Gasteiger partial charge is 0.345 e. The summed E-state index contributed by atoms with van der Waals surface area (Å²) < 4.78 is 1.40. The van der Waals surface area contributed by atoms with Crippen molar-refractivity contribution < 1.29 is 4.79 Å². The molecular weight excluding hydrogens is 342 g/mol. The number of H-pyrrole nitrogens is 1. The standard InChI is InChI=1S/C21H23N3O3/c1-4-16(14-8-6-13(3)7-9-14)22-19(25)15-10-11-18-17(12-15)23-20(26)21(27)24(18)5-2/h6-12,16H,4-5H2,1-3H3,(H,22,25)(H,23,26). The summed E-state index contributed by atoms with van der Waals surface area (Å²) in [6.45, 7) is 6.22. The Morgan fingerprint density at radius 2 is 1.81 bits per heavy atom. The molecule has 140 valence electrons. The number of hydrogen-bond acceptors (Lipinski definition) is 3. The van der Waals surface area contributed by atoms with Gasteiger partial charge in [0, 0.05) is 12.1 Å². The van der Waals surface area contributed by atoms with Crippen molar-refractivity contribution in [2.24, 2.45) is 0 Å². The Balaban J connectivity index is 1.93. The minimum atomic E-state index is -0.687. The predicted octanol–water partition coefficient (Wildman–Crippen LogP) is 2.90. The normalized spacial score (nSPS) is 12.1. The number of carbonyl (C=O) groups is 1. The molecule has 0 radical (unpaired) electrons. The average Bonchev–Trinajstić information content (AvgIpc) is 2.67. The molecule has 0 saturated heterocycles. The minimum Gasteiger partial charge on any atom is -0.345 e. The van der Waals surface area contributed by atoms with Crippen LogP contribution in [0, 0.1) is 6.92 Å². The highest BCUT2D eigenvalue weighted by Crippen LogP contribution is 2.19. The molecule has 0 fully saturated rings. The van der Waals surface area contributed by atoms with E-state index in [1.807, 2.05) is 38.1 Å². The number of amides is 1. The Kier molecular flexibility index (Phi) is 5.26. The molecule has 2 aromatic carbocycles. The van der Waals surface area contributed by atoms with E-state index < -0.39 is 11.1 Å². The van der Waals surface area contributed by atoms with Gasteiger partial charge in [-0.15, -0.1) is 0 Å². The van der Waals surface area contributed by atoms with Gasteiger partial charge in [-0.1, -0.05) is 36.8 Å². The topological polar surface area (TPSA) is 84.0 Å². The van der Waals surface area contributed by atoms with Gasteiger partial charge in [0.05, 0.1) is 17.1 Å². The molecule has 0 aliphatic rings. The molecule has 0 saturated carbocycles. The van der Waals surface area contributed by atoms with E-state index in [0.29, 0.717) is 23.1 Å². The van der Waals surface area contributed by atoms with Crippen molar-refractivity contribution in [1.29, 1.82) is 0 Å². The fourth-order valence-electron chi connectivity index (χ4n) is 3.20. The van der Waals surface area contributed by atoms with Gasteiger partial charge >= 0.3 is 11.1 Å². The maximum Gasteiger partial charge on any atom is 0.316 e. The van der Waals surface area contributed by atoms with Gasteiger partial charge in [0.15, 0.2) is 0 Å². The van der Waals surface area contributed by atoms with Gasteiger partial charge in [-0.25, -0.2) is 0 Å². The van der Waals surface area contributed by atoms with Crippen LogP contribution in [0.3, 0.4) is 0 Å². The van der Waals surface area contributed by atoms with E-state index in [0.717, 1.165) is 12.0 Å². The highest BCUT2D eigenvalue weighted by molar-refractivity contribution is 5.97. The third-order valence-electron chi connectivity index (χ3n) is 4.75. The molecule has 0 aliphatic heterocycles. The lowest BCUT2D eigenvalue weighted by Gasteiger charge is -2.18. The second kappa shape index (κ2) is 7.61. The summed E-state index contributed by atoms with van der Waals surface area (Å²) in [7, 11) is 0. The third-order valence-corrected chi connectivity index (χ3v) is 4.75. The lowest BCUT2D eigenvalue weighted by atomic mass is 10.0. The average molecular weight is 365 g/mol. The molecule has 0 spiro atoms. The van der Waals surface area contributed by atoms with Crippen LogP contribution in [0.5, 0.6) is 0 Å². The molecule has 1 unspecified atom stereocenters. The number of fused-ring (bicyclic) bond motifs is 1. The van der Waals surface area contributed by atoms with Gasteiger partial charge in [-0.2, -0.15) is 0 Å². The number of nitrogens with one attached hydrogen (secondary N) is 2. The number of nitrogens with zero attached hydrogens (tertiary/aromatic N) is 1. The van der Waals surface area contributed by atoms with Crippen molar-refractivity contribution in [1.82, 2.24) is 14.9 Å². The lowest BCUT2D eigenvalue weighted by molar-refractivity contribution is 0.0935. The number of benzene rings is 2. The van der Waals surface area contributed by atoms with Crippen LogP contribution in [0.25, 0.3) is 11.0 Å². The third kappa shape index (κ3) is 3.69. The number of aryl methyl sites for hydroxylation is 2. The first-order valence-electron chi connectivity index (χ1n) is 9.09. The maximum atomic E-state index is 12.7. The Labute approximate surface area is 156 Å². The van der Waals surface area contributed by atoms with E-state index in [9.17, 15) is 14.4 Å². The van der Waals surface area contributed by atoms with Gasteiger partial charge in [0.25, 0.3) is 5.91 Å². The number of aromatic nitrogens is 2. The summed E-state index contributed by atoms with van der Waals surface area (Å²) >= 11 is 0. The quantitative estimate of drug-likeness (QED) is 0.682. The van der Waals surface area contributed by atoms with E-state index in [2.05, 4.69) is 10.3 Å². The monoisotopic (exact) mass is 365 g/mol. The maximum absolute atomic E-state index is 12.7. The number of carbonyl (C=O) groups excluding carboxylic acids is 1. The van der Waals surface area contributed by atoms with Crippen LogP contribution < -0.4 is 16.4 Å². The fourth-order valence-corrected chi connectivity index (χ4v) is 3.20. The fraction of sp³-hybridized carbons (Fsp3) is 0.286. The van der Waals surface area contributed by atoms with Crippen LogP contribution >= 0.6 is 0 Å². The predicted molar refractivity (Wildman–Crippen MR) is 106 cm³/mol. The molecular formula is C21H23N3O3. The van der Waals surface area contributed by atoms with E-state index >= 15 is 0 Å². The molecule has 1 amide bonds. The summed E-state index contributed by atoms with van der Waals surface area (Å²) in [5.41, 5.74) is 2.44. The summed E-state index contributed by atoms with van der Waals surface area (Å²) in [4.78, 5) is 39.1. The molecule has 3 rings (SSSR count). The highest BCUT2D eigenvalue weighted by atomic mass is 16.2. The number of rotatable bonds is 5. The summed E-state index contributed by atoms with van der Waals surface area (Å²) in [5, 5.41) is 3.04. The van der Waals surface area contributed by atoms with Gasteiger partial charge in [0.1, 0.15) is 0 Å². The highest BCUT2D eigenvalue weighted by Gasteiger charge is 2.15. The Bertz CT molecular complexity index is 1090. The summed E-state index contributed by atoms with van der Waals surface area (Å²) in [6.07, 6.45) is 0.759. The Morgan fingerprint density at radius 3 is 2.44 bits per heavy atom. The van der Waals surface area contributed by atoms with Crippen LogP contribution in [0.2, 0.25) is 0 Å². The molecule has 27 heavy (non-hydrogen) atoms. The SMILES string of the molecule is CCC(NC(=O)c1ccc2c(c1)[nH]c(=O)c(=O)n2CC)c1ccc(C)cc1. The van der Waals surface area contributed by atoms with Crippen LogP contribution in [0.4, 0.5) is 0 Å². The van der Waals surface area contributed by atoms with Gasteiger partial charge in [-0.3, -0.25) is 14.4 Å². The molecule has 2 N–H and O–H groups in total. The van der Waals surface area contributed by atoms with Crippen LogP contribution in [0.1, 0.15) is 47.8 Å². The number of hydrogen-bond donors (Lipinski definition) is 2. The summed E-state index contributed by atoms with van der Waals surface area (Å²) in [6, 6.07) is 12.9. The Morgan fingerprint density at radius 1 is 1.11 bits per heavy atom. The molecule has 3 aromatic rings. The van der Waals surface area contributed by atoms with Gasteiger partial charge in [0.2, 0.25) is 0 Å². The lowest BCUT2D eigenvalue weighted by Crippen LogP contribution is -2.36. The first-order valence-corrected chi connectivity index (χ1v) is 9.09. The Hall–Kier alpha value is -3.15. The second-order valence-corrected chi connectivity index (χ2v) is 6.58. The second-order valence-electron chi connectivity index (χ2n) is 6.58. The van der Waals surface area contributed by atoms with Crippen molar-refractivity contribution in [3.05, 3.63) is 79.9 Å². The van der Waals surface area contributed by atoms with Crippen LogP contribution in [-0.4, -0.2) is 15.5 Å². The first-order chi connectivity index (χ1) is 12.9. The van der Waals surface area contributed by atoms with Crippen molar-refractivity contribution in [2.75, 3.05) is 0 Å². The molecule has 6 heteroatoms. The van der Waals surface area contributed by atoms with E-state index in [1.165, 1.54) is 10.1 Å². The smallest absolute Gasteiger partial charge is 0.316 e. The van der Waals surface area contributed by atoms with E-state index in [-0.39, 0.29) is 11.9 Å². The van der Waals surface area contributed by atoms with E-state index in [1.54, 1.807) is 25.1 Å². The van der Waals surface area contributed by atoms with E-state index in [4.69, 9.17) is 0 Å². The molecule has 0 aliphatic carbocycles. The first kappa shape index (κ1) is 18.6. The van der Waals surface area contributed by atoms with Gasteiger partial charge in [-0.05, 0) is 44.0 Å². The zero-order chi connectivity index (χ0) is 19.6. The van der Waals surface area contributed by atoms with Crippen molar-refractivity contribution >= 4 is 16.9 Å². The zero-order valence-electron chi connectivity index (χ0n) is 15.7. The van der Waals surface area contributed by atoms with Crippen LogP contribution in [-0.2, 0) is 6.54 Å². The van der Waals surface area contributed by atoms with Crippen molar-refractivity contribution in [3.63, 3.8) is 0 Å². The molecule has 1 heterocycles. The minimum absolute atomic E-state index is 0.0996. The van der Waals surface area contributed by atoms with Crippen LogP contribution in [0.15, 0.2) is 52.1 Å². The van der Waals surface area contributed by atoms with Crippen molar-refractivity contribution in [3.8, 4) is 0 Å². The number of aromatic amines is 1. The molecule has 1 aromatic heterocycles. The molecule has 6 nitrogen and oxygen atoms in total. The summed E-state index contributed by atoms with van der Waals surface area (Å²) in [5.74, 6) is -0.223. The van der Waals surface area contributed by atoms with Crippen molar-refractivity contribution in [2.45, 2.75) is 39.8 Å². The zero-order valence-corrected chi connectivity index (χ0v) is 15.7. The molecule has 1 atom stereocenters. The van der Waals surface area contributed by atoms with Gasteiger partial charge < -0.3 is 14.9 Å².